The molecule has 2 rings (SSSR count). The van der Waals surface area contributed by atoms with E-state index in [0.29, 0.717) is 16.5 Å². The van der Waals surface area contributed by atoms with Gasteiger partial charge in [0.2, 0.25) is 0 Å². The fourth-order valence-corrected chi connectivity index (χ4v) is 2.72. The molecule has 2 aromatic rings. The second-order valence-corrected chi connectivity index (χ2v) is 5.77. The smallest absolute Gasteiger partial charge is 0.255 e. The zero-order valence-electron chi connectivity index (χ0n) is 9.79. The number of hydrogen-bond donors (Lipinski definition) is 1. The molecule has 0 spiro atoms. The molecular weight excluding hydrogens is 396 g/mol. The maximum absolute atomic E-state index is 12.1. The summed E-state index contributed by atoms with van der Waals surface area (Å²) in [6, 6.07) is 12.5. The molecule has 98 valence electrons. The molecule has 0 fully saturated rings. The van der Waals surface area contributed by atoms with E-state index in [0.717, 1.165) is 14.8 Å². The first kappa shape index (κ1) is 14.6. The van der Waals surface area contributed by atoms with Crippen LogP contribution in [-0.4, -0.2) is 5.91 Å². The molecule has 1 N–H and O–H groups in total. The maximum Gasteiger partial charge on any atom is 0.255 e. The predicted octanol–water partition coefficient (Wildman–Crippen LogP) is 4.94. The standard InChI is InChI=1S/C14H10Cl2INO/c15-8-9-1-3-10(4-2-9)14(19)18-13-6-5-11(16)7-12(13)17/h1-7H,8H2,(H,18,19). The number of carbonyl (C=O) groups is 1. The molecule has 0 radical (unpaired) electrons. The Labute approximate surface area is 135 Å². The average Bonchev–Trinajstić information content (AvgIpc) is 2.42. The van der Waals surface area contributed by atoms with Crippen LogP contribution in [0.2, 0.25) is 5.02 Å². The van der Waals surface area contributed by atoms with Gasteiger partial charge in [-0.3, -0.25) is 4.79 Å². The van der Waals surface area contributed by atoms with Gasteiger partial charge >= 0.3 is 0 Å². The minimum absolute atomic E-state index is 0.152. The van der Waals surface area contributed by atoms with E-state index in [9.17, 15) is 4.79 Å². The largest absolute Gasteiger partial charge is 0.321 e. The lowest BCUT2D eigenvalue weighted by atomic mass is 10.1. The summed E-state index contributed by atoms with van der Waals surface area (Å²) in [5, 5.41) is 3.50. The molecule has 0 unspecified atom stereocenters. The average molecular weight is 406 g/mol. The minimum Gasteiger partial charge on any atom is -0.321 e. The molecule has 5 heteroatoms. The zero-order chi connectivity index (χ0) is 13.8. The second-order valence-electron chi connectivity index (χ2n) is 3.91. The molecule has 0 aliphatic rings. The summed E-state index contributed by atoms with van der Waals surface area (Å²) in [4.78, 5) is 12.1. The molecule has 0 saturated carbocycles. The highest BCUT2D eigenvalue weighted by Gasteiger charge is 2.08. The Kier molecular flexibility index (Phi) is 5.07. The van der Waals surface area contributed by atoms with Crippen molar-refractivity contribution in [3.05, 3.63) is 62.2 Å². The Morgan fingerprint density at radius 3 is 2.42 bits per heavy atom. The van der Waals surface area contributed by atoms with E-state index in [2.05, 4.69) is 27.9 Å². The van der Waals surface area contributed by atoms with E-state index in [1.807, 2.05) is 12.1 Å². The molecule has 0 aliphatic carbocycles. The first-order valence-corrected chi connectivity index (χ1v) is 7.50. The lowest BCUT2D eigenvalue weighted by Gasteiger charge is -2.08. The fraction of sp³-hybridized carbons (Fsp3) is 0.0714. The Morgan fingerprint density at radius 2 is 1.84 bits per heavy atom. The maximum atomic E-state index is 12.1. The van der Waals surface area contributed by atoms with Crippen molar-refractivity contribution in [3.63, 3.8) is 0 Å². The first-order chi connectivity index (χ1) is 9.10. The van der Waals surface area contributed by atoms with Gasteiger partial charge in [0.1, 0.15) is 0 Å². The molecule has 0 aromatic heterocycles. The number of anilines is 1. The second kappa shape index (κ2) is 6.59. The third-order valence-electron chi connectivity index (χ3n) is 2.55. The topological polar surface area (TPSA) is 29.1 Å². The van der Waals surface area contributed by atoms with Crippen LogP contribution in [0.3, 0.4) is 0 Å². The summed E-state index contributed by atoms with van der Waals surface area (Å²) in [5.41, 5.74) is 2.33. The van der Waals surface area contributed by atoms with Crippen molar-refractivity contribution in [2.24, 2.45) is 0 Å². The summed E-state index contributed by atoms with van der Waals surface area (Å²) >= 11 is 13.7. The first-order valence-electron chi connectivity index (χ1n) is 5.51. The number of nitrogens with one attached hydrogen (secondary N) is 1. The fourth-order valence-electron chi connectivity index (χ4n) is 1.53. The van der Waals surface area contributed by atoms with Gasteiger partial charge in [-0.05, 0) is 58.5 Å². The molecule has 0 heterocycles. The quantitative estimate of drug-likeness (QED) is 0.568. The number of carbonyl (C=O) groups excluding carboxylic acids is 1. The van der Waals surface area contributed by atoms with E-state index in [1.54, 1.807) is 30.3 Å². The molecular formula is C14H10Cl2INO. The van der Waals surface area contributed by atoms with Gasteiger partial charge in [-0.2, -0.15) is 0 Å². The van der Waals surface area contributed by atoms with Crippen molar-refractivity contribution < 1.29 is 4.79 Å². The van der Waals surface area contributed by atoms with Crippen LogP contribution in [0.5, 0.6) is 0 Å². The van der Waals surface area contributed by atoms with Crippen LogP contribution in [0, 0.1) is 3.57 Å². The van der Waals surface area contributed by atoms with Gasteiger partial charge in [0, 0.05) is 20.0 Å². The van der Waals surface area contributed by atoms with Crippen molar-refractivity contribution in [1.82, 2.24) is 0 Å². The van der Waals surface area contributed by atoms with Gasteiger partial charge in [0.15, 0.2) is 0 Å². The molecule has 0 atom stereocenters. The van der Waals surface area contributed by atoms with Gasteiger partial charge in [-0.25, -0.2) is 0 Å². The van der Waals surface area contributed by atoms with E-state index >= 15 is 0 Å². The van der Waals surface area contributed by atoms with Crippen LogP contribution in [0.4, 0.5) is 5.69 Å². The molecule has 0 saturated heterocycles. The van der Waals surface area contributed by atoms with Gasteiger partial charge < -0.3 is 5.32 Å². The van der Waals surface area contributed by atoms with Crippen molar-refractivity contribution >= 4 is 57.4 Å². The van der Waals surface area contributed by atoms with Crippen LogP contribution >= 0.6 is 45.8 Å². The van der Waals surface area contributed by atoms with Crippen LogP contribution in [0.15, 0.2) is 42.5 Å². The highest BCUT2D eigenvalue weighted by atomic mass is 127. The zero-order valence-corrected chi connectivity index (χ0v) is 13.5. The third kappa shape index (κ3) is 3.84. The molecule has 0 bridgehead atoms. The number of amides is 1. The highest BCUT2D eigenvalue weighted by Crippen LogP contribution is 2.22. The van der Waals surface area contributed by atoms with Gasteiger partial charge in [-0.15, -0.1) is 11.6 Å². The lowest BCUT2D eigenvalue weighted by Crippen LogP contribution is -2.12. The van der Waals surface area contributed by atoms with Gasteiger partial charge in [0.25, 0.3) is 5.91 Å². The Balaban J connectivity index is 2.15. The summed E-state index contributed by atoms with van der Waals surface area (Å²) in [5.74, 6) is 0.290. The van der Waals surface area contributed by atoms with E-state index < -0.39 is 0 Å². The molecule has 2 nitrogen and oxygen atoms in total. The van der Waals surface area contributed by atoms with Crippen LogP contribution in [0.1, 0.15) is 15.9 Å². The number of halogens is 3. The summed E-state index contributed by atoms with van der Waals surface area (Å²) < 4.78 is 0.899. The lowest BCUT2D eigenvalue weighted by molar-refractivity contribution is 0.102. The SMILES string of the molecule is O=C(Nc1ccc(Cl)cc1I)c1ccc(CCl)cc1. The summed E-state index contributed by atoms with van der Waals surface area (Å²) in [7, 11) is 0. The normalized spacial score (nSPS) is 10.3. The van der Waals surface area contributed by atoms with Crippen molar-refractivity contribution in [3.8, 4) is 0 Å². The van der Waals surface area contributed by atoms with E-state index in [-0.39, 0.29) is 5.91 Å². The summed E-state index contributed by atoms with van der Waals surface area (Å²) in [6.07, 6.45) is 0. The Bertz CT molecular complexity index is 599. The Hall–Kier alpha value is -0.780. The minimum atomic E-state index is -0.152. The highest BCUT2D eigenvalue weighted by molar-refractivity contribution is 14.1. The van der Waals surface area contributed by atoms with E-state index in [4.69, 9.17) is 23.2 Å². The van der Waals surface area contributed by atoms with Crippen LogP contribution in [0.25, 0.3) is 0 Å². The van der Waals surface area contributed by atoms with Crippen LogP contribution < -0.4 is 5.32 Å². The van der Waals surface area contributed by atoms with Crippen molar-refractivity contribution in [1.29, 1.82) is 0 Å². The monoisotopic (exact) mass is 405 g/mol. The van der Waals surface area contributed by atoms with Gasteiger partial charge in [0.05, 0.1) is 5.69 Å². The van der Waals surface area contributed by atoms with Crippen molar-refractivity contribution in [2.45, 2.75) is 5.88 Å². The molecule has 2 aromatic carbocycles. The molecule has 0 aliphatic heterocycles. The van der Waals surface area contributed by atoms with Crippen LogP contribution in [-0.2, 0) is 5.88 Å². The predicted molar refractivity (Wildman–Crippen MR) is 88.1 cm³/mol. The number of benzene rings is 2. The Morgan fingerprint density at radius 1 is 1.16 bits per heavy atom. The van der Waals surface area contributed by atoms with Gasteiger partial charge in [-0.1, -0.05) is 23.7 Å². The molecule has 1 amide bonds. The summed E-state index contributed by atoms with van der Waals surface area (Å²) in [6.45, 7) is 0. The molecule has 19 heavy (non-hydrogen) atoms. The number of rotatable bonds is 3. The number of hydrogen-bond acceptors (Lipinski definition) is 1. The van der Waals surface area contributed by atoms with E-state index in [1.165, 1.54) is 0 Å². The third-order valence-corrected chi connectivity index (χ3v) is 3.99. The van der Waals surface area contributed by atoms with Crippen molar-refractivity contribution in [2.75, 3.05) is 5.32 Å². The number of alkyl halides is 1.